The van der Waals surface area contributed by atoms with Crippen molar-refractivity contribution in [3.63, 3.8) is 0 Å². The van der Waals surface area contributed by atoms with Crippen LogP contribution in [0.5, 0.6) is 0 Å². The summed E-state index contributed by atoms with van der Waals surface area (Å²) in [6, 6.07) is -0.262. The van der Waals surface area contributed by atoms with Crippen LogP contribution in [0.2, 0.25) is 0 Å². The first kappa shape index (κ1) is 23.2. The number of hydroxylamine groups is 2. The van der Waals surface area contributed by atoms with Gasteiger partial charge in [0.1, 0.15) is 23.9 Å². The first-order chi connectivity index (χ1) is 14.2. The van der Waals surface area contributed by atoms with Gasteiger partial charge in [0.05, 0.1) is 18.8 Å². The molecule has 10 heteroatoms. The summed E-state index contributed by atoms with van der Waals surface area (Å²) in [5.41, 5.74) is -0.559. The van der Waals surface area contributed by atoms with Crippen LogP contribution in [0.3, 0.4) is 0 Å². The third kappa shape index (κ3) is 4.57. The number of alkyl carbamates (subject to hydrolysis) is 1. The molecule has 4 heterocycles. The molecule has 0 saturated carbocycles. The lowest BCUT2D eigenvalue weighted by atomic mass is 9.94. The monoisotopic (exact) mass is 444 g/mol. The van der Waals surface area contributed by atoms with Gasteiger partial charge in [-0.25, -0.2) is 4.79 Å². The van der Waals surface area contributed by atoms with Crippen molar-refractivity contribution in [2.75, 3.05) is 20.2 Å². The van der Waals surface area contributed by atoms with E-state index >= 15 is 0 Å². The standard InChI is InChI=1S/C21H36N2O8/c1-18(2,3)29-17(24)22-10-12-9-14(23(8)30-12)21-16(28-20(6,7)31-21)15-13(26-21)11-25-19(4,5)27-15/h12-16H,9-11H2,1-8H3,(H,22,24)/t12-,13-,14-,15+,16-,21-/m0/s1. The highest BCUT2D eigenvalue weighted by atomic mass is 16.9. The molecule has 4 saturated heterocycles. The van der Waals surface area contributed by atoms with Crippen molar-refractivity contribution >= 4 is 6.09 Å². The van der Waals surface area contributed by atoms with Crippen molar-refractivity contribution in [3.05, 3.63) is 0 Å². The summed E-state index contributed by atoms with van der Waals surface area (Å²) >= 11 is 0. The van der Waals surface area contributed by atoms with Gasteiger partial charge in [-0.3, -0.25) is 4.84 Å². The van der Waals surface area contributed by atoms with E-state index in [9.17, 15) is 4.79 Å². The molecule has 4 fully saturated rings. The molecule has 0 aliphatic carbocycles. The van der Waals surface area contributed by atoms with E-state index < -0.39 is 35.2 Å². The Bertz CT molecular complexity index is 708. The highest BCUT2D eigenvalue weighted by Gasteiger charge is 2.71. The second kappa shape index (κ2) is 7.51. The Hall–Kier alpha value is -1.01. The number of amides is 1. The Kier molecular flexibility index (Phi) is 5.61. The molecule has 4 aliphatic rings. The number of rotatable bonds is 3. The van der Waals surface area contributed by atoms with E-state index in [4.69, 9.17) is 33.3 Å². The van der Waals surface area contributed by atoms with Gasteiger partial charge in [0.15, 0.2) is 11.6 Å². The number of hydrogen-bond donors (Lipinski definition) is 1. The molecule has 0 spiro atoms. The second-order valence-corrected chi connectivity index (χ2v) is 10.6. The van der Waals surface area contributed by atoms with Crippen LogP contribution in [0.4, 0.5) is 4.79 Å². The number of carbonyl (C=O) groups excluding carboxylic acids is 1. The highest BCUT2D eigenvalue weighted by molar-refractivity contribution is 5.67. The molecule has 6 atom stereocenters. The maximum Gasteiger partial charge on any atom is 0.407 e. The predicted molar refractivity (Wildman–Crippen MR) is 108 cm³/mol. The van der Waals surface area contributed by atoms with Crippen LogP contribution in [0.15, 0.2) is 0 Å². The van der Waals surface area contributed by atoms with E-state index in [1.807, 2.05) is 55.5 Å². The summed E-state index contributed by atoms with van der Waals surface area (Å²) in [7, 11) is 1.84. The molecular formula is C21H36N2O8. The van der Waals surface area contributed by atoms with Crippen molar-refractivity contribution in [3.8, 4) is 0 Å². The molecule has 1 N–H and O–H groups in total. The van der Waals surface area contributed by atoms with Gasteiger partial charge < -0.3 is 33.7 Å². The van der Waals surface area contributed by atoms with Gasteiger partial charge in [0.25, 0.3) is 0 Å². The maximum absolute atomic E-state index is 12.0. The third-order valence-electron chi connectivity index (χ3n) is 5.81. The Labute approximate surface area is 183 Å². The summed E-state index contributed by atoms with van der Waals surface area (Å²) in [6.45, 7) is 13.7. The highest BCUT2D eigenvalue weighted by Crippen LogP contribution is 2.53. The number of ether oxygens (including phenoxy) is 6. The molecule has 0 aromatic carbocycles. The lowest BCUT2D eigenvalue weighted by Crippen LogP contribution is -2.55. The summed E-state index contributed by atoms with van der Waals surface area (Å²) in [6.07, 6.45) is -1.23. The molecule has 31 heavy (non-hydrogen) atoms. The van der Waals surface area contributed by atoms with Crippen LogP contribution in [0, 0.1) is 0 Å². The van der Waals surface area contributed by atoms with Gasteiger partial charge in [-0.05, 0) is 48.5 Å². The van der Waals surface area contributed by atoms with Gasteiger partial charge in [-0.2, -0.15) is 5.06 Å². The second-order valence-electron chi connectivity index (χ2n) is 10.6. The molecule has 178 valence electrons. The molecular weight excluding hydrogens is 408 g/mol. The average Bonchev–Trinajstić information content (AvgIpc) is 3.18. The molecule has 4 rings (SSSR count). The first-order valence-electron chi connectivity index (χ1n) is 10.9. The van der Waals surface area contributed by atoms with Gasteiger partial charge in [-0.15, -0.1) is 0 Å². The third-order valence-corrected chi connectivity index (χ3v) is 5.81. The predicted octanol–water partition coefficient (Wildman–Crippen LogP) is 1.91. The van der Waals surface area contributed by atoms with Crippen LogP contribution in [-0.2, 0) is 33.3 Å². The van der Waals surface area contributed by atoms with Gasteiger partial charge in [0.2, 0.25) is 5.79 Å². The van der Waals surface area contributed by atoms with Crippen LogP contribution >= 0.6 is 0 Å². The fraction of sp³-hybridized carbons (Fsp3) is 0.952. The van der Waals surface area contributed by atoms with Gasteiger partial charge in [0, 0.05) is 20.0 Å². The van der Waals surface area contributed by atoms with Gasteiger partial charge in [-0.1, -0.05) is 0 Å². The van der Waals surface area contributed by atoms with Crippen molar-refractivity contribution in [1.82, 2.24) is 10.4 Å². The summed E-state index contributed by atoms with van der Waals surface area (Å²) in [5.74, 6) is -2.64. The molecule has 0 aromatic heterocycles. The largest absolute Gasteiger partial charge is 0.444 e. The van der Waals surface area contributed by atoms with Crippen LogP contribution in [0.25, 0.3) is 0 Å². The lowest BCUT2D eigenvalue weighted by molar-refractivity contribution is -0.336. The molecule has 10 nitrogen and oxygen atoms in total. The number of carbonyl (C=O) groups is 1. The van der Waals surface area contributed by atoms with E-state index in [1.165, 1.54) is 0 Å². The van der Waals surface area contributed by atoms with Crippen LogP contribution in [0.1, 0.15) is 54.9 Å². The van der Waals surface area contributed by atoms with Gasteiger partial charge >= 0.3 is 6.09 Å². The minimum atomic E-state index is -1.07. The van der Waals surface area contributed by atoms with Crippen molar-refractivity contribution in [2.24, 2.45) is 0 Å². The van der Waals surface area contributed by atoms with E-state index in [0.717, 1.165) is 0 Å². The fourth-order valence-electron chi connectivity index (χ4n) is 4.79. The Balaban J connectivity index is 1.47. The number of hydrogen-bond acceptors (Lipinski definition) is 9. The SMILES string of the molecule is CN1O[C@H](CNC(=O)OC(C)(C)C)C[C@H]1[C@@]12O[C@H]3COC(C)(C)O[C@H]3[C@@H]1OC(C)(C)O2. The number of nitrogens with one attached hydrogen (secondary N) is 1. The minimum Gasteiger partial charge on any atom is -0.444 e. The molecule has 1 amide bonds. The minimum absolute atomic E-state index is 0.260. The average molecular weight is 445 g/mol. The van der Waals surface area contributed by atoms with Crippen LogP contribution in [-0.4, -0.2) is 84.8 Å². The zero-order valence-electron chi connectivity index (χ0n) is 19.7. The van der Waals surface area contributed by atoms with E-state index in [2.05, 4.69) is 5.32 Å². The topological polar surface area (TPSA) is 97.0 Å². The Morgan fingerprint density at radius 2 is 1.84 bits per heavy atom. The summed E-state index contributed by atoms with van der Waals surface area (Å²) in [5, 5.41) is 4.52. The number of fused-ring (bicyclic) bond motifs is 3. The fourth-order valence-corrected chi connectivity index (χ4v) is 4.79. The van der Waals surface area contributed by atoms with Crippen LogP contribution < -0.4 is 5.32 Å². The maximum atomic E-state index is 12.0. The Morgan fingerprint density at radius 3 is 2.52 bits per heavy atom. The molecule has 0 unspecified atom stereocenters. The number of nitrogens with zero attached hydrogens (tertiary/aromatic N) is 1. The zero-order chi connectivity index (χ0) is 22.8. The smallest absolute Gasteiger partial charge is 0.407 e. The summed E-state index contributed by atoms with van der Waals surface area (Å²) < 4.78 is 36.5. The molecule has 0 radical (unpaired) electrons. The van der Waals surface area contributed by atoms with Crippen molar-refractivity contribution in [2.45, 2.75) is 108 Å². The molecule has 4 aliphatic heterocycles. The molecule has 0 aromatic rings. The molecule has 0 bridgehead atoms. The summed E-state index contributed by atoms with van der Waals surface area (Å²) in [4.78, 5) is 18.0. The van der Waals surface area contributed by atoms with E-state index in [1.54, 1.807) is 5.06 Å². The van der Waals surface area contributed by atoms with E-state index in [-0.39, 0.29) is 24.4 Å². The Morgan fingerprint density at radius 1 is 1.13 bits per heavy atom. The normalized spacial score (nSPS) is 41.6. The quantitative estimate of drug-likeness (QED) is 0.700. The van der Waals surface area contributed by atoms with Crippen molar-refractivity contribution in [1.29, 1.82) is 0 Å². The zero-order valence-corrected chi connectivity index (χ0v) is 19.7. The van der Waals surface area contributed by atoms with Crippen molar-refractivity contribution < 1.29 is 38.1 Å². The first-order valence-corrected chi connectivity index (χ1v) is 10.9. The van der Waals surface area contributed by atoms with E-state index in [0.29, 0.717) is 19.6 Å². The number of likely N-dealkylation sites (N-methyl/N-ethyl adjacent to an activating group) is 1. The lowest BCUT2D eigenvalue weighted by Gasteiger charge is -2.38.